The van der Waals surface area contributed by atoms with Crippen molar-refractivity contribution in [2.45, 2.75) is 32.1 Å². The Kier molecular flexibility index (Phi) is 7.44. The van der Waals surface area contributed by atoms with Gasteiger partial charge in [-0.05, 0) is 50.7 Å². The first-order chi connectivity index (χ1) is 9.81. The summed E-state index contributed by atoms with van der Waals surface area (Å²) in [5.41, 5.74) is 0.685. The van der Waals surface area contributed by atoms with Gasteiger partial charge < -0.3 is 4.90 Å². The molecular formula is C14H22Cl2N2O2S. The minimum Gasteiger partial charge on any atom is -0.304 e. The van der Waals surface area contributed by atoms with Crippen molar-refractivity contribution in [1.82, 2.24) is 9.62 Å². The molecule has 0 atom stereocenters. The van der Waals surface area contributed by atoms with Gasteiger partial charge in [-0.25, -0.2) is 13.1 Å². The fourth-order valence-corrected chi connectivity index (χ4v) is 3.87. The van der Waals surface area contributed by atoms with E-state index in [4.69, 9.17) is 23.2 Å². The van der Waals surface area contributed by atoms with Gasteiger partial charge in [0.05, 0.1) is 5.02 Å². The van der Waals surface area contributed by atoms with Gasteiger partial charge in [0.2, 0.25) is 10.0 Å². The molecule has 0 aliphatic rings. The van der Waals surface area contributed by atoms with Crippen LogP contribution in [0.25, 0.3) is 0 Å². The van der Waals surface area contributed by atoms with Gasteiger partial charge in [0.25, 0.3) is 0 Å². The molecule has 0 unspecified atom stereocenters. The average Bonchev–Trinajstić information content (AvgIpc) is 2.43. The molecule has 1 rings (SSSR count). The van der Waals surface area contributed by atoms with Crippen LogP contribution in [0.15, 0.2) is 17.0 Å². The normalized spacial score (nSPS) is 12.1. The molecule has 1 N–H and O–H groups in total. The Morgan fingerprint density at radius 3 is 2.33 bits per heavy atom. The fourth-order valence-electron chi connectivity index (χ4n) is 1.96. The number of benzene rings is 1. The van der Waals surface area contributed by atoms with E-state index in [1.54, 1.807) is 6.92 Å². The van der Waals surface area contributed by atoms with E-state index in [1.165, 1.54) is 12.1 Å². The van der Waals surface area contributed by atoms with E-state index in [2.05, 4.69) is 23.5 Å². The minimum absolute atomic E-state index is 0.0777. The summed E-state index contributed by atoms with van der Waals surface area (Å²) in [5, 5.41) is 0.599. The lowest BCUT2D eigenvalue weighted by atomic mass is 10.2. The molecule has 4 nitrogen and oxygen atoms in total. The van der Waals surface area contributed by atoms with Crippen molar-refractivity contribution in [2.75, 3.05) is 26.2 Å². The van der Waals surface area contributed by atoms with Crippen LogP contribution in [0, 0.1) is 6.92 Å². The predicted octanol–water partition coefficient (Wildman–Crippen LogP) is 3.31. The number of hydrogen-bond acceptors (Lipinski definition) is 3. The molecule has 7 heteroatoms. The fraction of sp³-hybridized carbons (Fsp3) is 0.571. The summed E-state index contributed by atoms with van der Waals surface area (Å²) in [6.45, 7) is 9.10. The molecule has 21 heavy (non-hydrogen) atoms. The van der Waals surface area contributed by atoms with Crippen LogP contribution in [-0.2, 0) is 10.0 Å². The molecule has 0 aromatic heterocycles. The molecule has 0 spiro atoms. The number of nitrogens with one attached hydrogen (secondary N) is 1. The number of sulfonamides is 1. The zero-order chi connectivity index (χ0) is 16.0. The van der Waals surface area contributed by atoms with E-state index in [-0.39, 0.29) is 9.92 Å². The molecule has 0 fully saturated rings. The van der Waals surface area contributed by atoms with E-state index < -0.39 is 10.0 Å². The van der Waals surface area contributed by atoms with E-state index in [0.29, 0.717) is 17.1 Å². The maximum atomic E-state index is 12.2. The van der Waals surface area contributed by atoms with Gasteiger partial charge in [0, 0.05) is 11.6 Å². The topological polar surface area (TPSA) is 49.4 Å². The Bertz CT molecular complexity index is 573. The molecule has 0 saturated heterocycles. The van der Waals surface area contributed by atoms with Crippen molar-refractivity contribution in [3.8, 4) is 0 Å². The van der Waals surface area contributed by atoms with E-state index >= 15 is 0 Å². The van der Waals surface area contributed by atoms with Crippen LogP contribution >= 0.6 is 23.2 Å². The van der Waals surface area contributed by atoms with Crippen LogP contribution in [-0.4, -0.2) is 39.5 Å². The van der Waals surface area contributed by atoms with Crippen LogP contribution in [0.5, 0.6) is 0 Å². The highest BCUT2D eigenvalue weighted by Crippen LogP contribution is 2.27. The van der Waals surface area contributed by atoms with Crippen molar-refractivity contribution >= 4 is 33.2 Å². The predicted molar refractivity (Wildman–Crippen MR) is 88.8 cm³/mol. The number of hydrogen-bond donors (Lipinski definition) is 1. The molecule has 0 radical (unpaired) electrons. The Morgan fingerprint density at radius 2 is 1.76 bits per heavy atom. The number of aryl methyl sites for hydroxylation is 1. The van der Waals surface area contributed by atoms with Crippen LogP contribution in [0.1, 0.15) is 25.8 Å². The highest BCUT2D eigenvalue weighted by molar-refractivity contribution is 7.89. The Morgan fingerprint density at radius 1 is 1.14 bits per heavy atom. The number of halogens is 2. The van der Waals surface area contributed by atoms with Crippen LogP contribution in [0.3, 0.4) is 0 Å². The van der Waals surface area contributed by atoms with Crippen molar-refractivity contribution in [3.63, 3.8) is 0 Å². The third-order valence-corrected chi connectivity index (χ3v) is 5.67. The molecule has 1 aromatic rings. The molecule has 0 saturated carbocycles. The Hall–Kier alpha value is -0.330. The smallest absolute Gasteiger partial charge is 0.242 e. The largest absolute Gasteiger partial charge is 0.304 e. The van der Waals surface area contributed by atoms with Crippen molar-refractivity contribution in [3.05, 3.63) is 27.7 Å². The lowest BCUT2D eigenvalue weighted by Gasteiger charge is -2.17. The van der Waals surface area contributed by atoms with E-state index in [0.717, 1.165) is 26.1 Å². The second-order valence-corrected chi connectivity index (χ2v) is 7.36. The van der Waals surface area contributed by atoms with Gasteiger partial charge in [-0.2, -0.15) is 0 Å². The van der Waals surface area contributed by atoms with Gasteiger partial charge in [0.1, 0.15) is 4.90 Å². The summed E-state index contributed by atoms with van der Waals surface area (Å²) >= 11 is 11.9. The molecule has 0 amide bonds. The molecule has 0 bridgehead atoms. The highest BCUT2D eigenvalue weighted by Gasteiger charge is 2.18. The number of nitrogens with zero attached hydrogens (tertiary/aromatic N) is 1. The van der Waals surface area contributed by atoms with Crippen molar-refractivity contribution < 1.29 is 8.42 Å². The third kappa shape index (κ3) is 5.42. The molecular weight excluding hydrogens is 331 g/mol. The molecule has 1 aromatic carbocycles. The lowest BCUT2D eigenvalue weighted by Crippen LogP contribution is -2.30. The summed E-state index contributed by atoms with van der Waals surface area (Å²) in [6.07, 6.45) is 0.755. The summed E-state index contributed by atoms with van der Waals surface area (Å²) in [6, 6.07) is 2.96. The van der Waals surface area contributed by atoms with Gasteiger partial charge in [0.15, 0.2) is 0 Å². The second-order valence-electron chi connectivity index (χ2n) is 4.81. The van der Waals surface area contributed by atoms with Crippen molar-refractivity contribution in [1.29, 1.82) is 0 Å². The zero-order valence-corrected chi connectivity index (χ0v) is 14.9. The first-order valence-electron chi connectivity index (χ1n) is 6.99. The molecule has 120 valence electrons. The van der Waals surface area contributed by atoms with Crippen LogP contribution in [0.2, 0.25) is 10.0 Å². The SMILES string of the molecule is CCN(CC)CCCNS(=O)(=O)c1cc(C)c(Cl)cc1Cl. The minimum atomic E-state index is -3.60. The Labute approximate surface area is 137 Å². The Balaban J connectivity index is 2.68. The standard InChI is InChI=1S/C14H22Cl2N2O2S/c1-4-18(5-2)8-6-7-17-21(19,20)14-9-11(3)12(15)10-13(14)16/h9-10,17H,4-8H2,1-3H3. The molecule has 0 aliphatic carbocycles. The van der Waals surface area contributed by atoms with Gasteiger partial charge >= 0.3 is 0 Å². The maximum Gasteiger partial charge on any atom is 0.242 e. The monoisotopic (exact) mass is 352 g/mol. The van der Waals surface area contributed by atoms with Gasteiger partial charge in [-0.15, -0.1) is 0 Å². The third-order valence-electron chi connectivity index (χ3n) is 3.34. The van der Waals surface area contributed by atoms with Crippen LogP contribution in [0.4, 0.5) is 0 Å². The first-order valence-corrected chi connectivity index (χ1v) is 9.23. The van der Waals surface area contributed by atoms with Crippen molar-refractivity contribution in [2.24, 2.45) is 0 Å². The van der Waals surface area contributed by atoms with E-state index in [9.17, 15) is 8.42 Å². The quantitative estimate of drug-likeness (QED) is 0.730. The van der Waals surface area contributed by atoms with Gasteiger partial charge in [-0.3, -0.25) is 0 Å². The second kappa shape index (κ2) is 8.34. The molecule has 0 aliphatic heterocycles. The lowest BCUT2D eigenvalue weighted by molar-refractivity contribution is 0.300. The summed E-state index contributed by atoms with van der Waals surface area (Å²) < 4.78 is 27.1. The van der Waals surface area contributed by atoms with E-state index in [1.807, 2.05) is 0 Å². The van der Waals surface area contributed by atoms with Crippen LogP contribution < -0.4 is 4.72 Å². The summed E-state index contributed by atoms with van der Waals surface area (Å²) in [5.74, 6) is 0. The number of rotatable bonds is 8. The summed E-state index contributed by atoms with van der Waals surface area (Å²) in [4.78, 5) is 2.32. The zero-order valence-electron chi connectivity index (χ0n) is 12.6. The average molecular weight is 353 g/mol. The summed E-state index contributed by atoms with van der Waals surface area (Å²) in [7, 11) is -3.60. The maximum absolute atomic E-state index is 12.2. The van der Waals surface area contributed by atoms with Gasteiger partial charge in [-0.1, -0.05) is 37.0 Å². The first kappa shape index (κ1) is 18.7. The highest BCUT2D eigenvalue weighted by atomic mass is 35.5. The molecule has 0 heterocycles.